The number of amides is 2. The van der Waals surface area contributed by atoms with Gasteiger partial charge in [-0.3, -0.25) is 4.79 Å². The zero-order chi connectivity index (χ0) is 12.8. The molecule has 1 unspecified atom stereocenters. The van der Waals surface area contributed by atoms with E-state index in [0.29, 0.717) is 6.54 Å². The highest BCUT2D eigenvalue weighted by Crippen LogP contribution is 2.16. The normalized spacial score (nSPS) is 13.0. The average molecular weight is 230 g/mol. The van der Waals surface area contributed by atoms with Gasteiger partial charge in [0.15, 0.2) is 0 Å². The summed E-state index contributed by atoms with van der Waals surface area (Å²) < 4.78 is 0. The smallest absolute Gasteiger partial charge is 0.314 e. The van der Waals surface area contributed by atoms with Crippen molar-refractivity contribution >= 4 is 12.0 Å². The lowest BCUT2D eigenvalue weighted by molar-refractivity contribution is -0.140. The minimum Gasteiger partial charge on any atom is -0.481 e. The number of aliphatic carboxylic acids is 1. The largest absolute Gasteiger partial charge is 0.481 e. The second-order valence-corrected chi connectivity index (χ2v) is 5.19. The number of carboxylic acids is 1. The minimum absolute atomic E-state index is 0.149. The maximum atomic E-state index is 11.2. The molecule has 3 N–H and O–H groups in total. The van der Waals surface area contributed by atoms with Gasteiger partial charge in [0.1, 0.15) is 0 Å². The van der Waals surface area contributed by atoms with E-state index in [4.69, 9.17) is 5.11 Å². The second kappa shape index (κ2) is 6.35. The first-order valence-corrected chi connectivity index (χ1v) is 5.47. The van der Waals surface area contributed by atoms with Crippen LogP contribution in [0.4, 0.5) is 4.79 Å². The first kappa shape index (κ1) is 14.7. The van der Waals surface area contributed by atoms with Crippen molar-refractivity contribution in [2.75, 3.05) is 13.1 Å². The summed E-state index contributed by atoms with van der Waals surface area (Å²) in [6.07, 6.45) is 0.884. The number of urea groups is 1. The van der Waals surface area contributed by atoms with Crippen LogP contribution in [0.25, 0.3) is 0 Å². The molecule has 0 aromatic heterocycles. The Balaban J connectivity index is 3.64. The van der Waals surface area contributed by atoms with Gasteiger partial charge in [0.05, 0.1) is 5.92 Å². The number of carbonyl (C=O) groups excluding carboxylic acids is 1. The van der Waals surface area contributed by atoms with E-state index in [-0.39, 0.29) is 18.0 Å². The Morgan fingerprint density at radius 2 is 1.81 bits per heavy atom. The molecular weight excluding hydrogens is 208 g/mol. The maximum absolute atomic E-state index is 11.2. The summed E-state index contributed by atoms with van der Waals surface area (Å²) in [5.41, 5.74) is 0.182. The quantitative estimate of drug-likeness (QED) is 0.668. The van der Waals surface area contributed by atoms with Crippen LogP contribution in [0.15, 0.2) is 0 Å². The standard InChI is InChI=1S/C11H22N2O3/c1-8(9(14)15)7-13-10(16)12-6-5-11(2,3)4/h8H,5-7H2,1-4H3,(H,14,15)(H2,12,13,16). The molecule has 5 heteroatoms. The number of rotatable bonds is 5. The fourth-order valence-electron chi connectivity index (χ4n) is 0.947. The van der Waals surface area contributed by atoms with Crippen LogP contribution in [-0.2, 0) is 4.79 Å². The maximum Gasteiger partial charge on any atom is 0.314 e. The molecular formula is C11H22N2O3. The van der Waals surface area contributed by atoms with Gasteiger partial charge < -0.3 is 15.7 Å². The van der Waals surface area contributed by atoms with Gasteiger partial charge in [0.25, 0.3) is 0 Å². The molecule has 0 aliphatic carbocycles. The first-order valence-electron chi connectivity index (χ1n) is 5.47. The average Bonchev–Trinajstić information content (AvgIpc) is 2.11. The van der Waals surface area contributed by atoms with Gasteiger partial charge in [-0.1, -0.05) is 27.7 Å². The molecule has 5 nitrogen and oxygen atoms in total. The highest BCUT2D eigenvalue weighted by molar-refractivity contribution is 5.75. The molecule has 2 amide bonds. The Morgan fingerprint density at radius 1 is 1.25 bits per heavy atom. The molecule has 0 aromatic rings. The molecule has 0 fully saturated rings. The number of nitrogens with one attached hydrogen (secondary N) is 2. The van der Waals surface area contributed by atoms with Gasteiger partial charge in [-0.15, -0.1) is 0 Å². The summed E-state index contributed by atoms with van der Waals surface area (Å²) in [5, 5.41) is 13.8. The predicted octanol–water partition coefficient (Wildman–Crippen LogP) is 1.44. The van der Waals surface area contributed by atoms with E-state index in [2.05, 4.69) is 31.4 Å². The van der Waals surface area contributed by atoms with Gasteiger partial charge in [0.2, 0.25) is 0 Å². The Morgan fingerprint density at radius 3 is 2.25 bits per heavy atom. The third-order valence-corrected chi connectivity index (χ3v) is 2.15. The van der Waals surface area contributed by atoms with Crippen molar-refractivity contribution in [1.29, 1.82) is 0 Å². The van der Waals surface area contributed by atoms with E-state index < -0.39 is 11.9 Å². The Labute approximate surface area is 96.6 Å². The van der Waals surface area contributed by atoms with Crippen molar-refractivity contribution in [2.45, 2.75) is 34.1 Å². The molecule has 1 atom stereocenters. The zero-order valence-electron chi connectivity index (χ0n) is 10.5. The van der Waals surface area contributed by atoms with Crippen LogP contribution >= 0.6 is 0 Å². The lowest BCUT2D eigenvalue weighted by Crippen LogP contribution is -2.40. The Kier molecular flexibility index (Phi) is 5.85. The molecule has 0 bridgehead atoms. The Hall–Kier alpha value is -1.26. The molecule has 0 aromatic carbocycles. The van der Waals surface area contributed by atoms with Gasteiger partial charge in [-0.05, 0) is 11.8 Å². The van der Waals surface area contributed by atoms with E-state index in [1.54, 1.807) is 6.92 Å². The molecule has 16 heavy (non-hydrogen) atoms. The van der Waals surface area contributed by atoms with Crippen molar-refractivity contribution in [3.63, 3.8) is 0 Å². The van der Waals surface area contributed by atoms with E-state index in [0.717, 1.165) is 6.42 Å². The Bertz CT molecular complexity index is 246. The van der Waals surface area contributed by atoms with Crippen LogP contribution in [0.3, 0.4) is 0 Å². The van der Waals surface area contributed by atoms with E-state index in [1.165, 1.54) is 0 Å². The van der Waals surface area contributed by atoms with E-state index in [9.17, 15) is 9.59 Å². The van der Waals surface area contributed by atoms with Crippen LogP contribution < -0.4 is 10.6 Å². The van der Waals surface area contributed by atoms with E-state index in [1.807, 2.05) is 0 Å². The molecule has 0 spiro atoms. The summed E-state index contributed by atoms with van der Waals surface area (Å²) in [6, 6.07) is -0.308. The van der Waals surface area contributed by atoms with Crippen LogP contribution in [-0.4, -0.2) is 30.2 Å². The minimum atomic E-state index is -0.907. The number of hydrogen-bond acceptors (Lipinski definition) is 2. The molecule has 0 rings (SSSR count). The van der Waals surface area contributed by atoms with Crippen molar-refractivity contribution in [3.8, 4) is 0 Å². The fraction of sp³-hybridized carbons (Fsp3) is 0.818. The predicted molar refractivity (Wildman–Crippen MR) is 62.3 cm³/mol. The van der Waals surface area contributed by atoms with Gasteiger partial charge in [-0.25, -0.2) is 4.79 Å². The van der Waals surface area contributed by atoms with Crippen molar-refractivity contribution in [2.24, 2.45) is 11.3 Å². The summed E-state index contributed by atoms with van der Waals surface area (Å²) in [5.74, 6) is -1.47. The molecule has 0 aliphatic heterocycles. The van der Waals surface area contributed by atoms with Crippen LogP contribution in [0.5, 0.6) is 0 Å². The lowest BCUT2D eigenvalue weighted by Gasteiger charge is -2.18. The lowest BCUT2D eigenvalue weighted by atomic mass is 9.92. The molecule has 0 saturated carbocycles. The number of hydrogen-bond donors (Lipinski definition) is 3. The van der Waals surface area contributed by atoms with Crippen molar-refractivity contribution in [1.82, 2.24) is 10.6 Å². The van der Waals surface area contributed by atoms with Crippen molar-refractivity contribution < 1.29 is 14.7 Å². The summed E-state index contributed by atoms with van der Waals surface area (Å²) in [6.45, 7) is 8.59. The van der Waals surface area contributed by atoms with Gasteiger partial charge in [0, 0.05) is 13.1 Å². The van der Waals surface area contributed by atoms with Crippen LogP contribution in [0, 0.1) is 11.3 Å². The van der Waals surface area contributed by atoms with Crippen LogP contribution in [0.2, 0.25) is 0 Å². The van der Waals surface area contributed by atoms with Crippen LogP contribution in [0.1, 0.15) is 34.1 Å². The highest BCUT2D eigenvalue weighted by atomic mass is 16.4. The SMILES string of the molecule is CC(CNC(=O)NCCC(C)(C)C)C(=O)O. The van der Waals surface area contributed by atoms with Crippen molar-refractivity contribution in [3.05, 3.63) is 0 Å². The fourth-order valence-corrected chi connectivity index (χ4v) is 0.947. The third-order valence-electron chi connectivity index (χ3n) is 2.15. The molecule has 94 valence electrons. The molecule has 0 heterocycles. The van der Waals surface area contributed by atoms with E-state index >= 15 is 0 Å². The third kappa shape index (κ3) is 8.08. The second-order valence-electron chi connectivity index (χ2n) is 5.19. The molecule has 0 aliphatic rings. The number of carbonyl (C=O) groups is 2. The highest BCUT2D eigenvalue weighted by Gasteiger charge is 2.13. The van der Waals surface area contributed by atoms with Gasteiger partial charge in [-0.2, -0.15) is 0 Å². The monoisotopic (exact) mass is 230 g/mol. The molecule has 0 radical (unpaired) electrons. The zero-order valence-corrected chi connectivity index (χ0v) is 10.5. The number of carboxylic acid groups (broad SMARTS) is 1. The topological polar surface area (TPSA) is 78.4 Å². The van der Waals surface area contributed by atoms with Gasteiger partial charge >= 0.3 is 12.0 Å². The summed E-state index contributed by atoms with van der Waals surface area (Å²) >= 11 is 0. The first-order chi connectivity index (χ1) is 7.22. The molecule has 0 saturated heterocycles. The summed E-state index contributed by atoms with van der Waals surface area (Å²) in [4.78, 5) is 21.7. The summed E-state index contributed by atoms with van der Waals surface area (Å²) in [7, 11) is 0.